The van der Waals surface area contributed by atoms with E-state index in [0.717, 1.165) is 35.4 Å². The van der Waals surface area contributed by atoms with E-state index in [1.165, 1.54) is 10.6 Å². The first-order valence-electron chi connectivity index (χ1n) is 10.7. The van der Waals surface area contributed by atoms with E-state index in [1.54, 1.807) is 6.20 Å². The van der Waals surface area contributed by atoms with Crippen molar-refractivity contribution < 1.29 is 17.7 Å². The maximum atomic E-state index is 13.4. The zero-order chi connectivity index (χ0) is 22.3. The van der Waals surface area contributed by atoms with Gasteiger partial charge < -0.3 is 9.42 Å². The molecule has 2 aromatic heterocycles. The van der Waals surface area contributed by atoms with Crippen LogP contribution in [0.15, 0.2) is 10.7 Å². The van der Waals surface area contributed by atoms with Crippen LogP contribution < -0.4 is 0 Å². The van der Waals surface area contributed by atoms with Crippen molar-refractivity contribution in [3.63, 3.8) is 0 Å². The number of likely N-dealkylation sites (tertiary alicyclic amines) is 1. The zero-order valence-electron chi connectivity index (χ0n) is 18.5. The summed E-state index contributed by atoms with van der Waals surface area (Å²) in [5.74, 6) is 1.21. The first-order chi connectivity index (χ1) is 14.7. The van der Waals surface area contributed by atoms with E-state index in [9.17, 15) is 13.2 Å². The predicted molar refractivity (Wildman–Crippen MR) is 115 cm³/mol. The maximum Gasteiger partial charge on any atom is 0.226 e. The summed E-state index contributed by atoms with van der Waals surface area (Å²) in [6.45, 7) is 7.15. The largest absolute Gasteiger partial charge is 0.356 e. The third kappa shape index (κ3) is 4.23. The molecule has 0 aromatic carbocycles. The average Bonchev–Trinajstić information content (AvgIpc) is 3.34. The van der Waals surface area contributed by atoms with Gasteiger partial charge >= 0.3 is 0 Å². The number of hydrogen-bond acceptors (Lipinski definition) is 7. The number of aryl methyl sites for hydroxylation is 2. The van der Waals surface area contributed by atoms with Crippen LogP contribution in [0.2, 0.25) is 0 Å². The Labute approximate surface area is 182 Å². The second kappa shape index (κ2) is 8.31. The van der Waals surface area contributed by atoms with Crippen LogP contribution in [0.5, 0.6) is 0 Å². The van der Waals surface area contributed by atoms with E-state index >= 15 is 0 Å². The molecule has 2 aliphatic rings. The molecule has 0 saturated carbocycles. The fourth-order valence-electron chi connectivity index (χ4n) is 4.57. The van der Waals surface area contributed by atoms with Crippen molar-refractivity contribution in [2.24, 2.45) is 5.92 Å². The Morgan fingerprint density at radius 1 is 1.13 bits per heavy atom. The quantitative estimate of drug-likeness (QED) is 0.708. The van der Waals surface area contributed by atoms with Gasteiger partial charge in [-0.3, -0.25) is 4.79 Å². The fourth-order valence-corrected chi connectivity index (χ4v) is 5.44. The molecule has 2 aliphatic heterocycles. The van der Waals surface area contributed by atoms with Crippen LogP contribution in [0.1, 0.15) is 54.5 Å². The van der Waals surface area contributed by atoms with Crippen LogP contribution in [0, 0.1) is 26.7 Å². The Morgan fingerprint density at radius 2 is 1.84 bits per heavy atom. The number of carbonyl (C=O) groups excluding carboxylic acids is 1. The lowest BCUT2D eigenvalue weighted by molar-refractivity contribution is -0.137. The highest BCUT2D eigenvalue weighted by atomic mass is 32.2. The predicted octanol–water partition coefficient (Wildman–Crippen LogP) is 2.39. The van der Waals surface area contributed by atoms with Crippen LogP contribution in [-0.4, -0.2) is 64.5 Å². The third-order valence-corrected chi connectivity index (χ3v) is 7.77. The number of amides is 1. The van der Waals surface area contributed by atoms with Crippen molar-refractivity contribution in [2.75, 3.05) is 25.9 Å². The smallest absolute Gasteiger partial charge is 0.226 e. The number of carbonyl (C=O) groups is 1. The molecule has 1 atom stereocenters. The Hall–Kier alpha value is -2.33. The number of hydrogen-bond donors (Lipinski definition) is 0. The van der Waals surface area contributed by atoms with Crippen LogP contribution in [0.4, 0.5) is 0 Å². The molecule has 0 spiro atoms. The van der Waals surface area contributed by atoms with E-state index in [-0.39, 0.29) is 17.9 Å². The summed E-state index contributed by atoms with van der Waals surface area (Å²) in [5, 5.41) is 4.07. The number of rotatable bonds is 4. The lowest BCUT2D eigenvalue weighted by Gasteiger charge is -2.34. The van der Waals surface area contributed by atoms with Gasteiger partial charge in [0.05, 0.1) is 29.2 Å². The van der Waals surface area contributed by atoms with Crippen molar-refractivity contribution in [2.45, 2.75) is 52.5 Å². The topological polar surface area (TPSA) is 110 Å². The minimum Gasteiger partial charge on any atom is -0.356 e. The standard InChI is InChI=1S/C21H29N5O4S/c1-13-14(2)24-30-20(13)17-12-22-15(3)23-19(17)18-6-5-9-26(18)21(27)16-7-10-25(11-8-16)31(4,28)29/h12,16,18H,5-11H2,1-4H3/t18-/m0/s1. The highest BCUT2D eigenvalue weighted by molar-refractivity contribution is 7.88. The second-order valence-electron chi connectivity index (χ2n) is 8.56. The van der Waals surface area contributed by atoms with Gasteiger partial charge in [-0.1, -0.05) is 5.16 Å². The molecule has 4 rings (SSSR count). The number of nitrogens with zero attached hydrogens (tertiary/aromatic N) is 5. The molecule has 4 heterocycles. The normalized spacial score (nSPS) is 21.0. The van der Waals surface area contributed by atoms with Crippen LogP contribution >= 0.6 is 0 Å². The fraction of sp³-hybridized carbons (Fsp3) is 0.619. The molecule has 10 heteroatoms. The molecule has 0 bridgehead atoms. The van der Waals surface area contributed by atoms with Crippen molar-refractivity contribution in [1.29, 1.82) is 0 Å². The minimum atomic E-state index is -3.22. The first kappa shape index (κ1) is 21.9. The van der Waals surface area contributed by atoms with E-state index in [0.29, 0.717) is 44.1 Å². The van der Waals surface area contributed by atoms with Gasteiger partial charge in [-0.05, 0) is 46.5 Å². The molecule has 9 nitrogen and oxygen atoms in total. The molecule has 2 fully saturated rings. The SMILES string of the molecule is Cc1ncc(-c2onc(C)c2C)c([C@@H]2CCCN2C(=O)C2CCN(S(C)(=O)=O)CC2)n1. The van der Waals surface area contributed by atoms with E-state index in [4.69, 9.17) is 9.51 Å². The average molecular weight is 448 g/mol. The Balaban J connectivity index is 1.60. The van der Waals surface area contributed by atoms with Crippen LogP contribution in [0.3, 0.4) is 0 Å². The minimum absolute atomic E-state index is 0.0864. The number of sulfonamides is 1. The molecular formula is C21H29N5O4S. The van der Waals surface area contributed by atoms with Gasteiger partial charge in [-0.25, -0.2) is 22.7 Å². The molecule has 0 aliphatic carbocycles. The summed E-state index contributed by atoms with van der Waals surface area (Å²) < 4.78 is 30.6. The summed E-state index contributed by atoms with van der Waals surface area (Å²) in [5.41, 5.74) is 3.34. The van der Waals surface area contributed by atoms with E-state index in [2.05, 4.69) is 10.1 Å². The van der Waals surface area contributed by atoms with Gasteiger partial charge in [0, 0.05) is 37.3 Å². The monoisotopic (exact) mass is 447 g/mol. The molecule has 1 amide bonds. The highest BCUT2D eigenvalue weighted by Gasteiger charge is 2.38. The third-order valence-electron chi connectivity index (χ3n) is 6.46. The maximum absolute atomic E-state index is 13.4. The number of aromatic nitrogens is 3. The molecule has 0 unspecified atom stereocenters. The molecule has 0 N–H and O–H groups in total. The van der Waals surface area contributed by atoms with Crippen molar-refractivity contribution in [3.05, 3.63) is 29.0 Å². The molecule has 2 aromatic rings. The van der Waals surface area contributed by atoms with Gasteiger partial charge in [0.25, 0.3) is 0 Å². The van der Waals surface area contributed by atoms with Gasteiger partial charge in [0.15, 0.2) is 5.76 Å². The summed E-state index contributed by atoms with van der Waals surface area (Å²) in [7, 11) is -3.22. The molecular weight excluding hydrogens is 418 g/mol. The zero-order valence-corrected chi connectivity index (χ0v) is 19.3. The summed E-state index contributed by atoms with van der Waals surface area (Å²) >= 11 is 0. The van der Waals surface area contributed by atoms with Crippen molar-refractivity contribution in [3.8, 4) is 11.3 Å². The summed E-state index contributed by atoms with van der Waals surface area (Å²) in [4.78, 5) is 24.4. The van der Waals surface area contributed by atoms with Gasteiger partial charge in [-0.15, -0.1) is 0 Å². The molecule has 0 radical (unpaired) electrons. The van der Waals surface area contributed by atoms with Gasteiger partial charge in [-0.2, -0.15) is 0 Å². The van der Waals surface area contributed by atoms with Gasteiger partial charge in [0.1, 0.15) is 5.82 Å². The molecule has 168 valence electrons. The van der Waals surface area contributed by atoms with Crippen molar-refractivity contribution in [1.82, 2.24) is 24.3 Å². The second-order valence-corrected chi connectivity index (χ2v) is 10.5. The molecule has 2 saturated heterocycles. The summed E-state index contributed by atoms with van der Waals surface area (Å²) in [6, 6.07) is -0.151. The van der Waals surface area contributed by atoms with Crippen LogP contribution in [0.25, 0.3) is 11.3 Å². The Kier molecular flexibility index (Phi) is 5.87. The van der Waals surface area contributed by atoms with E-state index in [1.807, 2.05) is 25.7 Å². The lowest BCUT2D eigenvalue weighted by atomic mass is 9.95. The summed E-state index contributed by atoms with van der Waals surface area (Å²) in [6.07, 6.45) is 5.80. The first-order valence-corrected chi connectivity index (χ1v) is 12.5. The molecule has 31 heavy (non-hydrogen) atoms. The number of piperidine rings is 1. The van der Waals surface area contributed by atoms with Crippen LogP contribution in [-0.2, 0) is 14.8 Å². The lowest BCUT2D eigenvalue weighted by Crippen LogP contribution is -2.44. The van der Waals surface area contributed by atoms with E-state index < -0.39 is 10.0 Å². The van der Waals surface area contributed by atoms with Crippen molar-refractivity contribution >= 4 is 15.9 Å². The Morgan fingerprint density at radius 3 is 2.45 bits per heavy atom. The highest BCUT2D eigenvalue weighted by Crippen LogP contribution is 2.39. The Bertz CT molecular complexity index is 1090. The van der Waals surface area contributed by atoms with Gasteiger partial charge in [0.2, 0.25) is 15.9 Å².